The summed E-state index contributed by atoms with van der Waals surface area (Å²) in [6.45, 7) is 2.64. The molecule has 2 unspecified atom stereocenters. The monoisotopic (exact) mass is 240 g/mol. The molecular weight excluding hydrogens is 216 g/mol. The van der Waals surface area contributed by atoms with Crippen LogP contribution in [0, 0.1) is 0 Å². The second kappa shape index (κ2) is 5.36. The van der Waals surface area contributed by atoms with Gasteiger partial charge in [0, 0.05) is 19.1 Å². The van der Waals surface area contributed by atoms with Crippen molar-refractivity contribution in [2.75, 3.05) is 6.61 Å². The normalized spacial score (nSPS) is 35.7. The first-order valence-corrected chi connectivity index (χ1v) is 6.82. The molecule has 0 aromatic heterocycles. The molecule has 1 aliphatic heterocycles. The molecule has 1 saturated heterocycles. The van der Waals surface area contributed by atoms with Gasteiger partial charge < -0.3 is 15.8 Å². The van der Waals surface area contributed by atoms with Gasteiger partial charge in [-0.25, -0.2) is 0 Å². The van der Waals surface area contributed by atoms with Gasteiger partial charge in [0.1, 0.15) is 5.54 Å². The molecule has 0 aromatic carbocycles. The second-order valence-electron chi connectivity index (χ2n) is 5.56. The number of nitrogens with two attached hydrogens (primary N) is 1. The van der Waals surface area contributed by atoms with E-state index in [1.165, 1.54) is 32.1 Å². The Morgan fingerprint density at radius 1 is 1.35 bits per heavy atom. The maximum Gasteiger partial charge on any atom is 0.237 e. The summed E-state index contributed by atoms with van der Waals surface area (Å²) in [5.41, 5.74) is 5.10. The van der Waals surface area contributed by atoms with Crippen LogP contribution in [0.3, 0.4) is 0 Å². The van der Waals surface area contributed by atoms with Gasteiger partial charge in [0.25, 0.3) is 0 Å². The minimum atomic E-state index is -0.528. The van der Waals surface area contributed by atoms with Gasteiger partial charge >= 0.3 is 0 Å². The van der Waals surface area contributed by atoms with E-state index < -0.39 is 5.54 Å². The van der Waals surface area contributed by atoms with E-state index >= 15 is 0 Å². The molecule has 0 radical (unpaired) electrons. The lowest BCUT2D eigenvalue weighted by molar-refractivity contribution is -0.131. The minimum Gasteiger partial charge on any atom is -0.378 e. The maximum atomic E-state index is 11.8. The van der Waals surface area contributed by atoms with Crippen molar-refractivity contribution in [3.63, 3.8) is 0 Å². The van der Waals surface area contributed by atoms with Crippen molar-refractivity contribution in [1.29, 1.82) is 0 Å². The second-order valence-corrected chi connectivity index (χ2v) is 5.56. The molecule has 1 aliphatic carbocycles. The highest BCUT2D eigenvalue weighted by molar-refractivity contribution is 5.84. The molecule has 3 N–H and O–H groups in total. The molecular formula is C13H24N2O2. The quantitative estimate of drug-likeness (QED) is 0.782. The first kappa shape index (κ1) is 12.8. The Labute approximate surface area is 103 Å². The van der Waals surface area contributed by atoms with Gasteiger partial charge in [-0.1, -0.05) is 19.3 Å². The third kappa shape index (κ3) is 2.99. The average Bonchev–Trinajstić information content (AvgIpc) is 2.30. The van der Waals surface area contributed by atoms with E-state index in [2.05, 4.69) is 5.32 Å². The van der Waals surface area contributed by atoms with Crippen molar-refractivity contribution in [2.24, 2.45) is 5.73 Å². The summed E-state index contributed by atoms with van der Waals surface area (Å²) < 4.78 is 5.52. The fourth-order valence-electron chi connectivity index (χ4n) is 3.15. The molecule has 2 fully saturated rings. The van der Waals surface area contributed by atoms with E-state index in [4.69, 9.17) is 10.5 Å². The van der Waals surface area contributed by atoms with Crippen LogP contribution in [0.5, 0.6) is 0 Å². The van der Waals surface area contributed by atoms with Gasteiger partial charge in [-0.3, -0.25) is 4.79 Å². The van der Waals surface area contributed by atoms with Gasteiger partial charge in [-0.2, -0.15) is 0 Å². The Morgan fingerprint density at radius 2 is 2.06 bits per heavy atom. The topological polar surface area (TPSA) is 64.3 Å². The van der Waals surface area contributed by atoms with E-state index in [1.807, 2.05) is 6.92 Å². The predicted molar refractivity (Wildman–Crippen MR) is 66.6 cm³/mol. The van der Waals surface area contributed by atoms with Crippen LogP contribution >= 0.6 is 0 Å². The molecule has 1 saturated carbocycles. The van der Waals surface area contributed by atoms with Gasteiger partial charge in [0.15, 0.2) is 0 Å². The first-order valence-electron chi connectivity index (χ1n) is 6.82. The van der Waals surface area contributed by atoms with Crippen LogP contribution < -0.4 is 11.1 Å². The third-order valence-corrected chi connectivity index (χ3v) is 4.12. The number of primary amides is 1. The van der Waals surface area contributed by atoms with E-state index in [0.29, 0.717) is 25.5 Å². The van der Waals surface area contributed by atoms with Crippen LogP contribution in [0.2, 0.25) is 0 Å². The van der Waals surface area contributed by atoms with Crippen LogP contribution in [0.1, 0.15) is 51.9 Å². The van der Waals surface area contributed by atoms with Gasteiger partial charge in [-0.05, 0) is 26.2 Å². The number of carbonyl (C=O) groups excluding carboxylic acids is 1. The lowest BCUT2D eigenvalue weighted by Gasteiger charge is -2.41. The molecule has 1 heterocycles. The highest BCUT2D eigenvalue weighted by Gasteiger charge is 2.42. The summed E-state index contributed by atoms with van der Waals surface area (Å²) in [6, 6.07) is 0.460. The van der Waals surface area contributed by atoms with Crippen LogP contribution in [0.15, 0.2) is 0 Å². The predicted octanol–water partition coefficient (Wildman–Crippen LogP) is 1.33. The molecule has 98 valence electrons. The fraction of sp³-hybridized carbons (Fsp3) is 0.923. The molecule has 0 aromatic rings. The number of rotatable bonds is 3. The van der Waals surface area contributed by atoms with Crippen molar-refractivity contribution < 1.29 is 9.53 Å². The molecule has 2 rings (SSSR count). The molecule has 2 aliphatic rings. The molecule has 2 atom stereocenters. The standard InChI is InChI=1S/C13H24N2O2/c1-10-9-13(12(14)16,7-8-17-10)15-11-5-3-2-4-6-11/h10-11,15H,2-9H2,1H3,(H2,14,16). The number of amides is 1. The highest BCUT2D eigenvalue weighted by atomic mass is 16.5. The summed E-state index contributed by atoms with van der Waals surface area (Å²) in [7, 11) is 0. The largest absolute Gasteiger partial charge is 0.378 e. The Balaban J connectivity index is 2.02. The van der Waals surface area contributed by atoms with E-state index in [-0.39, 0.29) is 12.0 Å². The summed E-state index contributed by atoms with van der Waals surface area (Å²) >= 11 is 0. The summed E-state index contributed by atoms with van der Waals surface area (Å²) in [5.74, 6) is -0.210. The Bertz CT molecular complexity index is 277. The molecule has 1 amide bonds. The van der Waals surface area contributed by atoms with Crippen molar-refractivity contribution in [3.05, 3.63) is 0 Å². The highest BCUT2D eigenvalue weighted by Crippen LogP contribution is 2.28. The summed E-state index contributed by atoms with van der Waals surface area (Å²) in [4.78, 5) is 11.8. The Hall–Kier alpha value is -0.610. The zero-order chi connectivity index (χ0) is 12.3. The number of carbonyl (C=O) groups is 1. The summed E-state index contributed by atoms with van der Waals surface area (Å²) in [6.07, 6.45) is 7.72. The fourth-order valence-corrected chi connectivity index (χ4v) is 3.15. The molecule has 4 nitrogen and oxygen atoms in total. The Kier molecular flexibility index (Phi) is 4.05. The van der Waals surface area contributed by atoms with Gasteiger partial charge in [-0.15, -0.1) is 0 Å². The van der Waals surface area contributed by atoms with Gasteiger partial charge in [0.05, 0.1) is 6.10 Å². The smallest absolute Gasteiger partial charge is 0.237 e. The molecule has 4 heteroatoms. The molecule has 0 spiro atoms. The van der Waals surface area contributed by atoms with Gasteiger partial charge in [0.2, 0.25) is 5.91 Å². The number of nitrogens with one attached hydrogen (secondary N) is 1. The Morgan fingerprint density at radius 3 is 2.65 bits per heavy atom. The van der Waals surface area contributed by atoms with Crippen LogP contribution in [-0.2, 0) is 9.53 Å². The van der Waals surface area contributed by atoms with Crippen molar-refractivity contribution >= 4 is 5.91 Å². The van der Waals surface area contributed by atoms with Crippen LogP contribution in [0.25, 0.3) is 0 Å². The van der Waals surface area contributed by atoms with Crippen LogP contribution in [-0.4, -0.2) is 30.2 Å². The third-order valence-electron chi connectivity index (χ3n) is 4.12. The number of hydrogen-bond acceptors (Lipinski definition) is 3. The zero-order valence-corrected chi connectivity index (χ0v) is 10.7. The van der Waals surface area contributed by atoms with Crippen molar-refractivity contribution in [2.45, 2.75) is 69.6 Å². The molecule has 0 bridgehead atoms. The molecule has 17 heavy (non-hydrogen) atoms. The van der Waals surface area contributed by atoms with Crippen LogP contribution in [0.4, 0.5) is 0 Å². The lowest BCUT2D eigenvalue weighted by Crippen LogP contribution is -2.62. The number of ether oxygens (including phenoxy) is 1. The lowest BCUT2D eigenvalue weighted by atomic mass is 9.83. The first-order chi connectivity index (χ1) is 8.12. The van der Waals surface area contributed by atoms with Crippen molar-refractivity contribution in [1.82, 2.24) is 5.32 Å². The van der Waals surface area contributed by atoms with E-state index in [9.17, 15) is 4.79 Å². The SMILES string of the molecule is CC1CC(NC2CCCCC2)(C(N)=O)CCO1. The number of hydrogen-bond donors (Lipinski definition) is 2. The van der Waals surface area contributed by atoms with E-state index in [0.717, 1.165) is 0 Å². The van der Waals surface area contributed by atoms with E-state index in [1.54, 1.807) is 0 Å². The minimum absolute atomic E-state index is 0.118. The summed E-state index contributed by atoms with van der Waals surface area (Å²) in [5, 5.41) is 3.55. The average molecular weight is 240 g/mol. The van der Waals surface area contributed by atoms with Crippen molar-refractivity contribution in [3.8, 4) is 0 Å². The zero-order valence-electron chi connectivity index (χ0n) is 10.7. The maximum absolute atomic E-state index is 11.8.